The molecule has 0 amide bonds. The minimum Gasteiger partial charge on any atom is -0.377 e. The molecule has 0 bridgehead atoms. The second-order valence-electron chi connectivity index (χ2n) is 5.16. The molecule has 1 heterocycles. The van der Waals surface area contributed by atoms with Crippen molar-refractivity contribution in [3.63, 3.8) is 0 Å². The van der Waals surface area contributed by atoms with Crippen LogP contribution in [0.5, 0.6) is 0 Å². The fourth-order valence-electron chi connectivity index (χ4n) is 2.33. The third-order valence-electron chi connectivity index (χ3n) is 3.60. The van der Waals surface area contributed by atoms with Gasteiger partial charge in [-0.1, -0.05) is 11.6 Å². The maximum Gasteiger partial charge on any atom is 0.242 e. The highest BCUT2D eigenvalue weighted by Crippen LogP contribution is 2.24. The van der Waals surface area contributed by atoms with Crippen molar-refractivity contribution in [1.29, 1.82) is 0 Å². The van der Waals surface area contributed by atoms with Crippen LogP contribution in [-0.4, -0.2) is 39.0 Å². The fourth-order valence-corrected chi connectivity index (χ4v) is 4.06. The van der Waals surface area contributed by atoms with Crippen LogP contribution in [0, 0.1) is 0 Å². The molecule has 21 heavy (non-hydrogen) atoms. The number of rotatable bonds is 5. The molecule has 1 aromatic rings. The predicted molar refractivity (Wildman–Crippen MR) is 84.4 cm³/mol. The van der Waals surface area contributed by atoms with E-state index in [1.807, 2.05) is 0 Å². The van der Waals surface area contributed by atoms with Gasteiger partial charge in [0.1, 0.15) is 0 Å². The standard InChI is InChI=1S/C14H19Cl2NO3S/c1-17(10-12-4-2-3-7-20-12)21(18,19)13-5-6-14(16)11(8-13)9-15/h5-6,8,12H,2-4,7,9-10H2,1H3. The number of alkyl halides is 1. The van der Waals surface area contributed by atoms with Crippen molar-refractivity contribution in [2.75, 3.05) is 20.2 Å². The zero-order chi connectivity index (χ0) is 15.5. The summed E-state index contributed by atoms with van der Waals surface area (Å²) in [6, 6.07) is 4.60. The van der Waals surface area contributed by atoms with Crippen LogP contribution in [0.25, 0.3) is 0 Å². The first-order valence-electron chi connectivity index (χ1n) is 6.87. The first-order valence-corrected chi connectivity index (χ1v) is 9.22. The molecule has 1 aliphatic rings. The molecule has 7 heteroatoms. The van der Waals surface area contributed by atoms with Crippen molar-refractivity contribution in [2.45, 2.75) is 36.1 Å². The summed E-state index contributed by atoms with van der Waals surface area (Å²) in [4.78, 5) is 0.209. The Hall–Kier alpha value is -0.330. The molecule has 1 atom stereocenters. The molecule has 0 saturated carbocycles. The fraction of sp³-hybridized carbons (Fsp3) is 0.571. The molecule has 2 rings (SSSR count). The lowest BCUT2D eigenvalue weighted by Gasteiger charge is -2.27. The van der Waals surface area contributed by atoms with E-state index in [0.717, 1.165) is 19.3 Å². The lowest BCUT2D eigenvalue weighted by atomic mass is 10.1. The monoisotopic (exact) mass is 351 g/mol. The normalized spacial score (nSPS) is 19.9. The maximum atomic E-state index is 12.6. The van der Waals surface area contributed by atoms with Crippen LogP contribution in [0.15, 0.2) is 23.1 Å². The van der Waals surface area contributed by atoms with Gasteiger partial charge < -0.3 is 4.74 Å². The summed E-state index contributed by atoms with van der Waals surface area (Å²) < 4.78 is 32.1. The second kappa shape index (κ2) is 7.29. The molecule has 1 unspecified atom stereocenters. The molecular weight excluding hydrogens is 333 g/mol. The first kappa shape index (κ1) is 17.0. The van der Waals surface area contributed by atoms with Crippen molar-refractivity contribution < 1.29 is 13.2 Å². The first-order chi connectivity index (χ1) is 9.95. The van der Waals surface area contributed by atoms with Gasteiger partial charge in [-0.25, -0.2) is 8.42 Å². The molecular formula is C14H19Cl2NO3S. The Morgan fingerprint density at radius 1 is 1.38 bits per heavy atom. The number of nitrogens with zero attached hydrogens (tertiary/aromatic N) is 1. The summed E-state index contributed by atoms with van der Waals surface area (Å²) in [6.07, 6.45) is 2.99. The number of sulfonamides is 1. The Balaban J connectivity index is 2.16. The summed E-state index contributed by atoms with van der Waals surface area (Å²) in [5.41, 5.74) is 0.613. The van der Waals surface area contributed by atoms with Crippen LogP contribution in [0.2, 0.25) is 5.02 Å². The van der Waals surface area contributed by atoms with E-state index in [9.17, 15) is 8.42 Å². The van der Waals surface area contributed by atoms with Crippen molar-refractivity contribution in [3.05, 3.63) is 28.8 Å². The summed E-state index contributed by atoms with van der Waals surface area (Å²) in [6.45, 7) is 1.07. The van der Waals surface area contributed by atoms with Crippen molar-refractivity contribution in [2.24, 2.45) is 0 Å². The van der Waals surface area contributed by atoms with E-state index in [4.69, 9.17) is 27.9 Å². The van der Waals surface area contributed by atoms with Crippen LogP contribution in [-0.2, 0) is 20.6 Å². The average molecular weight is 352 g/mol. The molecule has 0 aliphatic carbocycles. The molecule has 1 aromatic carbocycles. The zero-order valence-corrected chi connectivity index (χ0v) is 14.2. The van der Waals surface area contributed by atoms with Crippen molar-refractivity contribution in [1.82, 2.24) is 4.31 Å². The van der Waals surface area contributed by atoms with E-state index >= 15 is 0 Å². The Morgan fingerprint density at radius 2 is 2.14 bits per heavy atom. The van der Waals surface area contributed by atoms with Crippen LogP contribution in [0.3, 0.4) is 0 Å². The Labute approximate surface area is 136 Å². The van der Waals surface area contributed by atoms with Crippen molar-refractivity contribution in [3.8, 4) is 0 Å². The maximum absolute atomic E-state index is 12.6. The second-order valence-corrected chi connectivity index (χ2v) is 7.88. The van der Waals surface area contributed by atoms with Crippen LogP contribution in [0.4, 0.5) is 0 Å². The van der Waals surface area contributed by atoms with Gasteiger partial charge in [-0.05, 0) is 43.0 Å². The molecule has 1 saturated heterocycles. The number of benzene rings is 1. The van der Waals surface area contributed by atoms with Crippen molar-refractivity contribution >= 4 is 33.2 Å². The van der Waals surface area contributed by atoms with E-state index in [-0.39, 0.29) is 16.9 Å². The minimum atomic E-state index is -3.55. The highest BCUT2D eigenvalue weighted by Gasteiger charge is 2.25. The van der Waals surface area contributed by atoms with E-state index in [1.165, 1.54) is 16.4 Å². The summed E-state index contributed by atoms with van der Waals surface area (Å²) in [5.74, 6) is 0.178. The minimum absolute atomic E-state index is 0.0293. The smallest absolute Gasteiger partial charge is 0.242 e. The molecule has 0 spiro atoms. The topological polar surface area (TPSA) is 46.6 Å². The van der Waals surface area contributed by atoms with Gasteiger partial charge in [0.05, 0.1) is 11.0 Å². The number of hydrogen-bond acceptors (Lipinski definition) is 3. The van der Waals surface area contributed by atoms with Gasteiger partial charge in [0, 0.05) is 31.1 Å². The third kappa shape index (κ3) is 4.11. The average Bonchev–Trinajstić information content (AvgIpc) is 2.48. The van der Waals surface area contributed by atoms with Gasteiger partial charge in [0.2, 0.25) is 10.0 Å². The number of halogens is 2. The van der Waals surface area contributed by atoms with Crippen LogP contribution < -0.4 is 0 Å². The third-order valence-corrected chi connectivity index (χ3v) is 6.08. The van der Waals surface area contributed by atoms with Gasteiger partial charge in [-0.2, -0.15) is 4.31 Å². The predicted octanol–water partition coefficient (Wildman–Crippen LogP) is 3.27. The quantitative estimate of drug-likeness (QED) is 0.764. The highest BCUT2D eigenvalue weighted by atomic mass is 35.5. The number of hydrogen-bond donors (Lipinski definition) is 0. The Bertz CT molecular complexity index is 586. The lowest BCUT2D eigenvalue weighted by Crippen LogP contribution is -2.37. The highest BCUT2D eigenvalue weighted by molar-refractivity contribution is 7.89. The number of ether oxygens (including phenoxy) is 1. The largest absolute Gasteiger partial charge is 0.377 e. The molecule has 0 radical (unpaired) electrons. The molecule has 1 aliphatic heterocycles. The van der Waals surface area contributed by atoms with Gasteiger partial charge in [0.15, 0.2) is 0 Å². The van der Waals surface area contributed by atoms with Gasteiger partial charge in [-0.15, -0.1) is 11.6 Å². The van der Waals surface area contributed by atoms with Gasteiger partial charge in [-0.3, -0.25) is 0 Å². The molecule has 1 fully saturated rings. The molecule has 0 aromatic heterocycles. The number of likely N-dealkylation sites (N-methyl/N-ethyl adjacent to an activating group) is 1. The van der Waals surface area contributed by atoms with E-state index < -0.39 is 10.0 Å². The lowest BCUT2D eigenvalue weighted by molar-refractivity contribution is 0.00858. The molecule has 4 nitrogen and oxygen atoms in total. The zero-order valence-electron chi connectivity index (χ0n) is 11.9. The van der Waals surface area contributed by atoms with E-state index in [2.05, 4.69) is 0 Å². The van der Waals surface area contributed by atoms with E-state index in [0.29, 0.717) is 23.7 Å². The summed E-state index contributed by atoms with van der Waals surface area (Å²) in [5, 5.41) is 0.474. The summed E-state index contributed by atoms with van der Waals surface area (Å²) >= 11 is 11.7. The molecule has 118 valence electrons. The van der Waals surface area contributed by atoms with Crippen LogP contribution >= 0.6 is 23.2 Å². The Morgan fingerprint density at radius 3 is 2.76 bits per heavy atom. The van der Waals surface area contributed by atoms with Crippen LogP contribution in [0.1, 0.15) is 24.8 Å². The van der Waals surface area contributed by atoms with Gasteiger partial charge in [0.25, 0.3) is 0 Å². The van der Waals surface area contributed by atoms with E-state index in [1.54, 1.807) is 13.1 Å². The van der Waals surface area contributed by atoms with Gasteiger partial charge >= 0.3 is 0 Å². The summed E-state index contributed by atoms with van der Waals surface area (Å²) in [7, 11) is -1.98. The Kier molecular flexibility index (Phi) is 5.91. The molecule has 0 N–H and O–H groups in total. The SMILES string of the molecule is CN(CC1CCCCO1)S(=O)(=O)c1ccc(Cl)c(CCl)c1.